The molecule has 0 spiro atoms. The van der Waals surface area contributed by atoms with E-state index in [2.05, 4.69) is 6.92 Å². The highest BCUT2D eigenvalue weighted by molar-refractivity contribution is 4.75. The standard InChI is InChI=1S/C11H23NO3/c1-2-4-13-6-7-15-9-11(12)10-3-5-14-8-10/h10-11H,2-9,12H2,1H3. The minimum atomic E-state index is 0.110. The second-order valence-electron chi connectivity index (χ2n) is 3.97. The highest BCUT2D eigenvalue weighted by Crippen LogP contribution is 2.15. The smallest absolute Gasteiger partial charge is 0.0701 e. The molecule has 2 N–H and O–H groups in total. The van der Waals surface area contributed by atoms with Crippen molar-refractivity contribution >= 4 is 0 Å². The lowest BCUT2D eigenvalue weighted by atomic mass is 10.0. The van der Waals surface area contributed by atoms with Crippen LogP contribution in [0.15, 0.2) is 0 Å². The lowest BCUT2D eigenvalue weighted by Crippen LogP contribution is -2.35. The summed E-state index contributed by atoms with van der Waals surface area (Å²) in [6.45, 7) is 6.46. The summed E-state index contributed by atoms with van der Waals surface area (Å²) in [5, 5.41) is 0. The summed E-state index contributed by atoms with van der Waals surface area (Å²) in [6, 6.07) is 0.110. The van der Waals surface area contributed by atoms with Crippen LogP contribution in [0.5, 0.6) is 0 Å². The molecule has 1 aliphatic heterocycles. The number of ether oxygens (including phenoxy) is 3. The predicted molar refractivity (Wildman–Crippen MR) is 58.8 cm³/mol. The Morgan fingerprint density at radius 1 is 1.33 bits per heavy atom. The van der Waals surface area contributed by atoms with E-state index in [4.69, 9.17) is 19.9 Å². The maximum Gasteiger partial charge on any atom is 0.0701 e. The van der Waals surface area contributed by atoms with Crippen molar-refractivity contribution in [3.05, 3.63) is 0 Å². The Bertz CT molecular complexity index is 149. The van der Waals surface area contributed by atoms with Gasteiger partial charge in [0.25, 0.3) is 0 Å². The van der Waals surface area contributed by atoms with E-state index < -0.39 is 0 Å². The third-order valence-electron chi connectivity index (χ3n) is 2.60. The van der Waals surface area contributed by atoms with Crippen LogP contribution in [0, 0.1) is 5.92 Å². The second kappa shape index (κ2) is 8.05. The van der Waals surface area contributed by atoms with Crippen LogP contribution in [0.1, 0.15) is 19.8 Å². The molecule has 0 aromatic heterocycles. The molecule has 1 heterocycles. The Morgan fingerprint density at radius 3 is 2.80 bits per heavy atom. The summed E-state index contributed by atoms with van der Waals surface area (Å²) in [6.07, 6.45) is 2.12. The minimum absolute atomic E-state index is 0.110. The molecule has 2 unspecified atom stereocenters. The van der Waals surface area contributed by atoms with E-state index in [-0.39, 0.29) is 6.04 Å². The first kappa shape index (κ1) is 12.9. The fourth-order valence-corrected chi connectivity index (χ4v) is 1.61. The van der Waals surface area contributed by atoms with E-state index >= 15 is 0 Å². The van der Waals surface area contributed by atoms with Gasteiger partial charge in [-0.05, 0) is 12.8 Å². The fourth-order valence-electron chi connectivity index (χ4n) is 1.61. The van der Waals surface area contributed by atoms with Crippen molar-refractivity contribution in [1.82, 2.24) is 0 Å². The molecule has 1 saturated heterocycles. The summed E-state index contributed by atoms with van der Waals surface area (Å²) >= 11 is 0. The van der Waals surface area contributed by atoms with Gasteiger partial charge in [-0.25, -0.2) is 0 Å². The van der Waals surface area contributed by atoms with Crippen molar-refractivity contribution in [3.63, 3.8) is 0 Å². The van der Waals surface area contributed by atoms with Gasteiger partial charge in [0.2, 0.25) is 0 Å². The topological polar surface area (TPSA) is 53.7 Å². The van der Waals surface area contributed by atoms with Crippen LogP contribution < -0.4 is 5.73 Å². The number of hydrogen-bond donors (Lipinski definition) is 1. The summed E-state index contributed by atoms with van der Waals surface area (Å²) in [7, 11) is 0. The molecule has 0 bridgehead atoms. The number of rotatable bonds is 8. The quantitative estimate of drug-likeness (QED) is 0.611. The van der Waals surface area contributed by atoms with Gasteiger partial charge in [0.15, 0.2) is 0 Å². The van der Waals surface area contributed by atoms with Crippen LogP contribution in [0.3, 0.4) is 0 Å². The zero-order chi connectivity index (χ0) is 10.9. The molecule has 1 rings (SSSR count). The lowest BCUT2D eigenvalue weighted by Gasteiger charge is -2.17. The fraction of sp³-hybridized carbons (Fsp3) is 1.00. The zero-order valence-corrected chi connectivity index (χ0v) is 9.61. The van der Waals surface area contributed by atoms with Gasteiger partial charge in [-0.3, -0.25) is 0 Å². The molecule has 0 radical (unpaired) electrons. The summed E-state index contributed by atoms with van der Waals surface area (Å²) in [5.74, 6) is 0.474. The van der Waals surface area contributed by atoms with Gasteiger partial charge in [-0.1, -0.05) is 6.92 Å². The van der Waals surface area contributed by atoms with Crippen LogP contribution in [0.4, 0.5) is 0 Å². The third kappa shape index (κ3) is 5.47. The molecule has 15 heavy (non-hydrogen) atoms. The average molecular weight is 217 g/mol. The first-order valence-corrected chi connectivity index (χ1v) is 5.83. The second-order valence-corrected chi connectivity index (χ2v) is 3.97. The van der Waals surface area contributed by atoms with Crippen LogP contribution >= 0.6 is 0 Å². The molecule has 1 aliphatic rings. The van der Waals surface area contributed by atoms with Gasteiger partial charge in [0.05, 0.1) is 26.4 Å². The monoisotopic (exact) mass is 217 g/mol. The van der Waals surface area contributed by atoms with E-state index in [9.17, 15) is 0 Å². The van der Waals surface area contributed by atoms with Crippen molar-refractivity contribution in [3.8, 4) is 0 Å². The maximum absolute atomic E-state index is 5.97. The van der Waals surface area contributed by atoms with Crippen LogP contribution in [-0.2, 0) is 14.2 Å². The van der Waals surface area contributed by atoms with Crippen LogP contribution in [-0.4, -0.2) is 45.7 Å². The first-order valence-electron chi connectivity index (χ1n) is 5.83. The van der Waals surface area contributed by atoms with Gasteiger partial charge < -0.3 is 19.9 Å². The number of hydrogen-bond acceptors (Lipinski definition) is 4. The molecular formula is C11H23NO3. The Morgan fingerprint density at radius 2 is 2.13 bits per heavy atom. The maximum atomic E-state index is 5.97. The summed E-state index contributed by atoms with van der Waals surface area (Å²) in [4.78, 5) is 0. The molecule has 4 heteroatoms. The van der Waals surface area contributed by atoms with Crippen molar-refractivity contribution in [2.75, 3.05) is 39.6 Å². The Balaban J connectivity index is 1.90. The van der Waals surface area contributed by atoms with E-state index in [1.165, 1.54) is 0 Å². The van der Waals surface area contributed by atoms with E-state index in [0.717, 1.165) is 32.7 Å². The normalized spacial score (nSPS) is 23.2. The first-order chi connectivity index (χ1) is 7.34. The molecule has 90 valence electrons. The molecule has 0 amide bonds. The molecule has 4 nitrogen and oxygen atoms in total. The SMILES string of the molecule is CCCOCCOCC(N)C1CCOC1. The summed E-state index contributed by atoms with van der Waals surface area (Å²) < 4.78 is 16.0. The van der Waals surface area contributed by atoms with Gasteiger partial charge in [-0.2, -0.15) is 0 Å². The van der Waals surface area contributed by atoms with Gasteiger partial charge in [-0.15, -0.1) is 0 Å². The van der Waals surface area contributed by atoms with E-state index in [0.29, 0.717) is 25.7 Å². The third-order valence-corrected chi connectivity index (χ3v) is 2.60. The van der Waals surface area contributed by atoms with Crippen molar-refractivity contribution in [2.45, 2.75) is 25.8 Å². The average Bonchev–Trinajstić information content (AvgIpc) is 2.76. The Labute approximate surface area is 92.1 Å². The molecule has 0 saturated carbocycles. The predicted octanol–water partition coefficient (Wildman–Crippen LogP) is 0.793. The van der Waals surface area contributed by atoms with E-state index in [1.54, 1.807) is 0 Å². The summed E-state index contributed by atoms with van der Waals surface area (Å²) in [5.41, 5.74) is 5.97. The molecule has 0 aromatic rings. The molecule has 1 fully saturated rings. The molecular weight excluding hydrogens is 194 g/mol. The zero-order valence-electron chi connectivity index (χ0n) is 9.61. The number of nitrogens with two attached hydrogens (primary N) is 1. The highest BCUT2D eigenvalue weighted by Gasteiger charge is 2.22. The molecule has 0 aliphatic carbocycles. The lowest BCUT2D eigenvalue weighted by molar-refractivity contribution is 0.0363. The van der Waals surface area contributed by atoms with Crippen molar-refractivity contribution < 1.29 is 14.2 Å². The van der Waals surface area contributed by atoms with Gasteiger partial charge in [0, 0.05) is 25.2 Å². The Kier molecular flexibility index (Phi) is 6.92. The highest BCUT2D eigenvalue weighted by atomic mass is 16.5. The van der Waals surface area contributed by atoms with E-state index in [1.807, 2.05) is 0 Å². The van der Waals surface area contributed by atoms with Crippen molar-refractivity contribution in [1.29, 1.82) is 0 Å². The van der Waals surface area contributed by atoms with Gasteiger partial charge >= 0.3 is 0 Å². The minimum Gasteiger partial charge on any atom is -0.381 e. The van der Waals surface area contributed by atoms with Gasteiger partial charge in [0.1, 0.15) is 0 Å². The molecule has 2 atom stereocenters. The Hall–Kier alpha value is -0.160. The molecule has 0 aromatic carbocycles. The van der Waals surface area contributed by atoms with Crippen LogP contribution in [0.25, 0.3) is 0 Å². The largest absolute Gasteiger partial charge is 0.381 e. The van der Waals surface area contributed by atoms with Crippen LogP contribution in [0.2, 0.25) is 0 Å². The van der Waals surface area contributed by atoms with Crippen molar-refractivity contribution in [2.24, 2.45) is 11.7 Å².